The van der Waals surface area contributed by atoms with Gasteiger partial charge in [-0.2, -0.15) is 0 Å². The van der Waals surface area contributed by atoms with Crippen LogP contribution in [0.25, 0.3) is 11.3 Å². The summed E-state index contributed by atoms with van der Waals surface area (Å²) in [5.74, 6) is 2.86. The SMILES string of the molecule is O=C(CCCc1ncc(-c2ccccc2)o1)NCc1ccc2c(c1)OCO2. The van der Waals surface area contributed by atoms with Gasteiger partial charge in [0, 0.05) is 24.9 Å². The van der Waals surface area contributed by atoms with Crippen LogP contribution in [0.5, 0.6) is 11.5 Å². The third kappa shape index (κ3) is 4.28. The monoisotopic (exact) mass is 364 g/mol. The van der Waals surface area contributed by atoms with Crippen molar-refractivity contribution in [2.45, 2.75) is 25.8 Å². The fourth-order valence-corrected chi connectivity index (χ4v) is 2.90. The van der Waals surface area contributed by atoms with Gasteiger partial charge in [0.15, 0.2) is 23.1 Å². The Kier molecular flexibility index (Phi) is 5.05. The van der Waals surface area contributed by atoms with Crippen LogP contribution in [-0.2, 0) is 17.8 Å². The molecule has 1 N–H and O–H groups in total. The molecule has 2 heterocycles. The molecule has 1 aliphatic heterocycles. The lowest BCUT2D eigenvalue weighted by molar-refractivity contribution is -0.121. The van der Waals surface area contributed by atoms with Crippen LogP contribution in [0.4, 0.5) is 0 Å². The second-order valence-corrected chi connectivity index (χ2v) is 6.30. The van der Waals surface area contributed by atoms with E-state index < -0.39 is 0 Å². The molecule has 0 spiro atoms. The molecule has 3 aromatic rings. The Morgan fingerprint density at radius 3 is 2.81 bits per heavy atom. The molecule has 27 heavy (non-hydrogen) atoms. The molecule has 6 heteroatoms. The predicted molar refractivity (Wildman–Crippen MR) is 99.3 cm³/mol. The van der Waals surface area contributed by atoms with Crippen molar-refractivity contribution in [3.05, 3.63) is 66.2 Å². The number of benzene rings is 2. The van der Waals surface area contributed by atoms with Crippen LogP contribution in [0, 0.1) is 0 Å². The van der Waals surface area contributed by atoms with Crippen molar-refractivity contribution in [2.75, 3.05) is 6.79 Å². The van der Waals surface area contributed by atoms with Crippen LogP contribution in [0.15, 0.2) is 59.1 Å². The van der Waals surface area contributed by atoms with E-state index in [1.807, 2.05) is 48.5 Å². The van der Waals surface area contributed by atoms with Crippen molar-refractivity contribution in [3.63, 3.8) is 0 Å². The first-order valence-corrected chi connectivity index (χ1v) is 8.93. The number of carbonyl (C=O) groups excluding carboxylic acids is 1. The lowest BCUT2D eigenvalue weighted by atomic mass is 10.2. The zero-order chi connectivity index (χ0) is 18.5. The number of nitrogens with one attached hydrogen (secondary N) is 1. The van der Waals surface area contributed by atoms with Gasteiger partial charge in [0.1, 0.15) is 0 Å². The summed E-state index contributed by atoms with van der Waals surface area (Å²) in [5, 5.41) is 2.92. The molecule has 0 saturated carbocycles. The lowest BCUT2D eigenvalue weighted by Gasteiger charge is -2.06. The van der Waals surface area contributed by atoms with Gasteiger partial charge in [-0.1, -0.05) is 36.4 Å². The molecule has 1 amide bonds. The van der Waals surface area contributed by atoms with Crippen molar-refractivity contribution in [1.82, 2.24) is 10.3 Å². The smallest absolute Gasteiger partial charge is 0.231 e. The second-order valence-electron chi connectivity index (χ2n) is 6.30. The van der Waals surface area contributed by atoms with E-state index >= 15 is 0 Å². The molecule has 1 aliphatic rings. The standard InChI is InChI=1S/C21H20N2O4/c24-20(22-12-15-9-10-17-18(11-15)26-14-25-17)7-4-8-21-23-13-19(27-21)16-5-2-1-3-6-16/h1-3,5-6,9-11,13H,4,7-8,12,14H2,(H,22,24). The molecule has 0 radical (unpaired) electrons. The van der Waals surface area contributed by atoms with Crippen LogP contribution in [0.2, 0.25) is 0 Å². The topological polar surface area (TPSA) is 73.6 Å². The minimum atomic E-state index is 0.00232. The summed E-state index contributed by atoms with van der Waals surface area (Å²) in [5.41, 5.74) is 1.98. The summed E-state index contributed by atoms with van der Waals surface area (Å²) in [4.78, 5) is 16.3. The third-order valence-electron chi connectivity index (χ3n) is 4.33. The first-order valence-electron chi connectivity index (χ1n) is 8.93. The minimum absolute atomic E-state index is 0.00232. The number of hydrogen-bond acceptors (Lipinski definition) is 5. The second kappa shape index (κ2) is 7.95. The molecular formula is C21H20N2O4. The molecule has 0 bridgehead atoms. The normalized spacial score (nSPS) is 12.1. The molecule has 0 saturated heterocycles. The number of fused-ring (bicyclic) bond motifs is 1. The average Bonchev–Trinajstić information content (AvgIpc) is 3.36. The van der Waals surface area contributed by atoms with Crippen molar-refractivity contribution in [1.29, 1.82) is 0 Å². The van der Waals surface area contributed by atoms with Gasteiger partial charge in [0.25, 0.3) is 0 Å². The van der Waals surface area contributed by atoms with Crippen molar-refractivity contribution < 1.29 is 18.7 Å². The van der Waals surface area contributed by atoms with Crippen LogP contribution >= 0.6 is 0 Å². The average molecular weight is 364 g/mol. The van der Waals surface area contributed by atoms with Gasteiger partial charge in [-0.05, 0) is 24.1 Å². The molecule has 0 atom stereocenters. The van der Waals surface area contributed by atoms with Crippen LogP contribution < -0.4 is 14.8 Å². The van der Waals surface area contributed by atoms with Crippen LogP contribution in [0.1, 0.15) is 24.3 Å². The summed E-state index contributed by atoms with van der Waals surface area (Å²) in [6.07, 6.45) is 3.46. The molecule has 0 fully saturated rings. The highest BCUT2D eigenvalue weighted by molar-refractivity contribution is 5.75. The maximum absolute atomic E-state index is 12.0. The Hall–Kier alpha value is -3.28. The number of aromatic nitrogens is 1. The van der Waals surface area contributed by atoms with Gasteiger partial charge < -0.3 is 19.2 Å². The Bertz CT molecular complexity index is 921. The molecule has 138 valence electrons. The predicted octanol–water partition coefficient (Wildman–Crippen LogP) is 3.71. The first kappa shape index (κ1) is 17.1. The van der Waals surface area contributed by atoms with E-state index in [1.54, 1.807) is 6.20 Å². The molecule has 0 aliphatic carbocycles. The van der Waals surface area contributed by atoms with Gasteiger partial charge in [0.2, 0.25) is 12.7 Å². The number of rotatable bonds is 7. The number of aryl methyl sites for hydroxylation is 1. The summed E-state index contributed by atoms with van der Waals surface area (Å²) >= 11 is 0. The van der Waals surface area contributed by atoms with E-state index in [-0.39, 0.29) is 12.7 Å². The zero-order valence-corrected chi connectivity index (χ0v) is 14.8. The molecule has 6 nitrogen and oxygen atoms in total. The highest BCUT2D eigenvalue weighted by atomic mass is 16.7. The fraction of sp³-hybridized carbons (Fsp3) is 0.238. The largest absolute Gasteiger partial charge is 0.454 e. The van der Waals surface area contributed by atoms with E-state index in [0.29, 0.717) is 31.7 Å². The van der Waals surface area contributed by atoms with Gasteiger partial charge in [0.05, 0.1) is 6.20 Å². The maximum Gasteiger partial charge on any atom is 0.231 e. The number of carbonyl (C=O) groups is 1. The van der Waals surface area contributed by atoms with Crippen LogP contribution in [-0.4, -0.2) is 17.7 Å². The quantitative estimate of drug-likeness (QED) is 0.692. The Morgan fingerprint density at radius 1 is 1.07 bits per heavy atom. The van der Waals surface area contributed by atoms with E-state index in [2.05, 4.69) is 10.3 Å². The zero-order valence-electron chi connectivity index (χ0n) is 14.8. The van der Waals surface area contributed by atoms with Crippen molar-refractivity contribution in [2.24, 2.45) is 0 Å². The number of oxazole rings is 1. The van der Waals surface area contributed by atoms with E-state index in [1.165, 1.54) is 0 Å². The van der Waals surface area contributed by atoms with E-state index in [4.69, 9.17) is 13.9 Å². The Labute approximate surface area is 157 Å². The minimum Gasteiger partial charge on any atom is -0.454 e. The molecule has 4 rings (SSSR count). The number of ether oxygens (including phenoxy) is 2. The van der Waals surface area contributed by atoms with Gasteiger partial charge in [-0.3, -0.25) is 4.79 Å². The van der Waals surface area contributed by atoms with Gasteiger partial charge in [-0.15, -0.1) is 0 Å². The highest BCUT2D eigenvalue weighted by Crippen LogP contribution is 2.32. The maximum atomic E-state index is 12.0. The summed E-state index contributed by atoms with van der Waals surface area (Å²) in [6, 6.07) is 15.5. The summed E-state index contributed by atoms with van der Waals surface area (Å²) < 4.78 is 16.4. The first-order chi connectivity index (χ1) is 13.3. The summed E-state index contributed by atoms with van der Waals surface area (Å²) in [6.45, 7) is 0.713. The van der Waals surface area contributed by atoms with Crippen LogP contribution in [0.3, 0.4) is 0 Å². The van der Waals surface area contributed by atoms with Gasteiger partial charge >= 0.3 is 0 Å². The number of nitrogens with zero attached hydrogens (tertiary/aromatic N) is 1. The molecule has 2 aromatic carbocycles. The fourth-order valence-electron chi connectivity index (χ4n) is 2.90. The van der Waals surface area contributed by atoms with Gasteiger partial charge in [-0.25, -0.2) is 4.98 Å². The number of hydrogen-bond donors (Lipinski definition) is 1. The number of amides is 1. The van der Waals surface area contributed by atoms with Crippen molar-refractivity contribution >= 4 is 5.91 Å². The third-order valence-corrected chi connectivity index (χ3v) is 4.33. The lowest BCUT2D eigenvalue weighted by Crippen LogP contribution is -2.22. The molecule has 0 unspecified atom stereocenters. The van der Waals surface area contributed by atoms with E-state index in [9.17, 15) is 4.79 Å². The Balaban J connectivity index is 1.21. The molecule has 1 aromatic heterocycles. The highest BCUT2D eigenvalue weighted by Gasteiger charge is 2.13. The summed E-state index contributed by atoms with van der Waals surface area (Å²) in [7, 11) is 0. The molecular weight excluding hydrogens is 344 g/mol. The van der Waals surface area contributed by atoms with E-state index in [0.717, 1.165) is 28.4 Å². The Morgan fingerprint density at radius 2 is 1.93 bits per heavy atom. The van der Waals surface area contributed by atoms with Crippen molar-refractivity contribution in [3.8, 4) is 22.8 Å².